The van der Waals surface area contributed by atoms with Gasteiger partial charge in [0.05, 0.1) is 43.9 Å². The van der Waals surface area contributed by atoms with Crippen LogP contribution >= 0.6 is 11.6 Å². The maximum absolute atomic E-state index is 11.8. The molecule has 3 rings (SSSR count). The zero-order valence-electron chi connectivity index (χ0n) is 13.4. The molecule has 0 atom stereocenters. The number of carbonyl (C=O) groups is 1. The predicted molar refractivity (Wildman–Crippen MR) is 88.5 cm³/mol. The monoisotopic (exact) mass is 348 g/mol. The first-order valence-electron chi connectivity index (χ1n) is 7.51. The van der Waals surface area contributed by atoms with E-state index in [0.29, 0.717) is 28.9 Å². The highest BCUT2D eigenvalue weighted by molar-refractivity contribution is 6.32. The number of halogens is 1. The normalized spacial score (nSPS) is 13.5. The summed E-state index contributed by atoms with van der Waals surface area (Å²) in [6.07, 6.45) is 3.56. The van der Waals surface area contributed by atoms with Gasteiger partial charge in [-0.1, -0.05) is 11.6 Å². The molecule has 0 bridgehead atoms. The summed E-state index contributed by atoms with van der Waals surface area (Å²) in [4.78, 5) is 24.5. The Bertz CT molecular complexity index is 765. The average molecular weight is 349 g/mol. The first-order valence-corrected chi connectivity index (χ1v) is 7.88. The summed E-state index contributed by atoms with van der Waals surface area (Å²) in [6.45, 7) is 0.418. The number of ether oxygens (including phenoxy) is 2. The molecule has 0 aliphatic heterocycles. The minimum Gasteiger partial charge on any atom is -0.467 e. The molecule has 0 saturated heterocycles. The first kappa shape index (κ1) is 16.4. The molecule has 2 aromatic rings. The number of carbonyl (C=O) groups excluding carboxylic acids is 1. The van der Waals surface area contributed by atoms with Crippen LogP contribution in [0.1, 0.15) is 40.5 Å². The quantitative estimate of drug-likeness (QED) is 0.803. The number of nitrogens with zero attached hydrogens (tertiary/aromatic N) is 3. The predicted octanol–water partition coefficient (Wildman–Crippen LogP) is 2.81. The van der Waals surface area contributed by atoms with Crippen LogP contribution in [0, 0.1) is 0 Å². The smallest absolute Gasteiger partial charge is 0.339 e. The molecule has 7 nitrogen and oxygen atoms in total. The molecule has 1 saturated carbocycles. The van der Waals surface area contributed by atoms with Gasteiger partial charge in [0.2, 0.25) is 0 Å². The standard InChI is InChI=1S/C16H17ClN4O3/c1-23-15(22)11-6-5-10(20-13(11)9-3-4-9)7-18-14-12(17)8-19-16(21-14)24-2/h5-6,8-9H,3-4,7H2,1-2H3,(H,18,19,21). The second-order valence-corrected chi connectivity index (χ2v) is 5.82. The van der Waals surface area contributed by atoms with Crippen molar-refractivity contribution in [1.82, 2.24) is 15.0 Å². The van der Waals surface area contributed by atoms with Crippen molar-refractivity contribution in [3.05, 3.63) is 40.3 Å². The van der Waals surface area contributed by atoms with E-state index in [9.17, 15) is 4.79 Å². The summed E-state index contributed by atoms with van der Waals surface area (Å²) in [7, 11) is 2.86. The summed E-state index contributed by atoms with van der Waals surface area (Å²) >= 11 is 6.07. The molecule has 1 aliphatic carbocycles. The fourth-order valence-corrected chi connectivity index (χ4v) is 2.47. The van der Waals surface area contributed by atoms with Crippen LogP contribution in [0.15, 0.2) is 18.3 Å². The largest absolute Gasteiger partial charge is 0.467 e. The van der Waals surface area contributed by atoms with E-state index in [2.05, 4.69) is 20.3 Å². The molecule has 0 spiro atoms. The van der Waals surface area contributed by atoms with Crippen molar-refractivity contribution in [3.8, 4) is 6.01 Å². The lowest BCUT2D eigenvalue weighted by Crippen LogP contribution is -2.11. The third-order valence-electron chi connectivity index (χ3n) is 3.69. The van der Waals surface area contributed by atoms with Crippen molar-refractivity contribution in [2.24, 2.45) is 0 Å². The summed E-state index contributed by atoms with van der Waals surface area (Å²) in [5.41, 5.74) is 2.12. The van der Waals surface area contributed by atoms with E-state index < -0.39 is 0 Å². The summed E-state index contributed by atoms with van der Waals surface area (Å²) < 4.78 is 9.81. The van der Waals surface area contributed by atoms with Crippen LogP contribution in [-0.4, -0.2) is 35.1 Å². The number of nitrogens with one attached hydrogen (secondary N) is 1. The van der Waals surface area contributed by atoms with Crippen LogP contribution in [0.4, 0.5) is 5.82 Å². The minimum atomic E-state index is -0.354. The molecule has 1 fully saturated rings. The second-order valence-electron chi connectivity index (χ2n) is 5.41. The van der Waals surface area contributed by atoms with Crippen molar-refractivity contribution < 1.29 is 14.3 Å². The highest BCUT2D eigenvalue weighted by Gasteiger charge is 2.30. The second kappa shape index (κ2) is 7.00. The fraction of sp³-hybridized carbons (Fsp3) is 0.375. The highest BCUT2D eigenvalue weighted by atomic mass is 35.5. The van der Waals surface area contributed by atoms with Crippen LogP contribution in [-0.2, 0) is 11.3 Å². The molecule has 0 radical (unpaired) electrons. The SMILES string of the molecule is COC(=O)c1ccc(CNc2nc(OC)ncc2Cl)nc1C1CC1. The molecule has 8 heteroatoms. The summed E-state index contributed by atoms with van der Waals surface area (Å²) in [6, 6.07) is 3.78. The number of esters is 1. The van der Waals surface area contributed by atoms with Gasteiger partial charge in [0.25, 0.3) is 0 Å². The molecule has 1 N–H and O–H groups in total. The molecule has 2 aromatic heterocycles. The van der Waals surface area contributed by atoms with E-state index in [-0.39, 0.29) is 12.0 Å². The topological polar surface area (TPSA) is 86.2 Å². The Morgan fingerprint density at radius 3 is 2.79 bits per heavy atom. The zero-order chi connectivity index (χ0) is 17.1. The Balaban J connectivity index is 1.78. The molecule has 0 aromatic carbocycles. The van der Waals surface area contributed by atoms with Gasteiger partial charge in [0.15, 0.2) is 5.82 Å². The van der Waals surface area contributed by atoms with Gasteiger partial charge in [-0.05, 0) is 25.0 Å². The van der Waals surface area contributed by atoms with Gasteiger partial charge in [-0.25, -0.2) is 9.78 Å². The molecule has 0 amide bonds. The van der Waals surface area contributed by atoms with Gasteiger partial charge in [-0.15, -0.1) is 0 Å². The van der Waals surface area contributed by atoms with Gasteiger partial charge in [-0.3, -0.25) is 4.98 Å². The van der Waals surface area contributed by atoms with Crippen molar-refractivity contribution in [3.63, 3.8) is 0 Å². The Labute approximate surface area is 144 Å². The average Bonchev–Trinajstić information content (AvgIpc) is 3.45. The van der Waals surface area contributed by atoms with Crippen LogP contribution in [0.25, 0.3) is 0 Å². The lowest BCUT2D eigenvalue weighted by Gasteiger charge is -2.11. The number of rotatable bonds is 6. The molecule has 2 heterocycles. The maximum atomic E-state index is 11.8. The number of anilines is 1. The molecule has 126 valence electrons. The number of methoxy groups -OCH3 is 2. The van der Waals surface area contributed by atoms with E-state index in [1.807, 2.05) is 0 Å². The van der Waals surface area contributed by atoms with Crippen molar-refractivity contribution in [2.45, 2.75) is 25.3 Å². The van der Waals surface area contributed by atoms with E-state index in [0.717, 1.165) is 24.2 Å². The number of pyridine rings is 1. The third kappa shape index (κ3) is 3.56. The van der Waals surface area contributed by atoms with Crippen molar-refractivity contribution >= 4 is 23.4 Å². The summed E-state index contributed by atoms with van der Waals surface area (Å²) in [5.74, 6) is 0.449. The van der Waals surface area contributed by atoms with Crippen LogP contribution in [0.2, 0.25) is 5.02 Å². The van der Waals surface area contributed by atoms with Gasteiger partial charge >= 0.3 is 12.0 Å². The van der Waals surface area contributed by atoms with Gasteiger partial charge in [0.1, 0.15) is 5.02 Å². The lowest BCUT2D eigenvalue weighted by molar-refractivity contribution is 0.0598. The number of hydrogen-bond donors (Lipinski definition) is 1. The maximum Gasteiger partial charge on any atom is 0.339 e. The number of aromatic nitrogens is 3. The third-order valence-corrected chi connectivity index (χ3v) is 3.97. The van der Waals surface area contributed by atoms with E-state index in [1.54, 1.807) is 12.1 Å². The van der Waals surface area contributed by atoms with Gasteiger partial charge < -0.3 is 14.8 Å². The first-order chi connectivity index (χ1) is 11.6. The lowest BCUT2D eigenvalue weighted by atomic mass is 10.1. The van der Waals surface area contributed by atoms with Crippen LogP contribution in [0.3, 0.4) is 0 Å². The van der Waals surface area contributed by atoms with E-state index >= 15 is 0 Å². The van der Waals surface area contributed by atoms with Crippen molar-refractivity contribution in [1.29, 1.82) is 0 Å². The number of hydrogen-bond acceptors (Lipinski definition) is 7. The Morgan fingerprint density at radius 2 is 2.12 bits per heavy atom. The molecular weight excluding hydrogens is 332 g/mol. The fourth-order valence-electron chi connectivity index (χ4n) is 2.31. The minimum absolute atomic E-state index is 0.231. The zero-order valence-corrected chi connectivity index (χ0v) is 14.1. The van der Waals surface area contributed by atoms with Crippen LogP contribution < -0.4 is 10.1 Å². The molecule has 24 heavy (non-hydrogen) atoms. The summed E-state index contributed by atoms with van der Waals surface area (Å²) in [5, 5.41) is 3.50. The Morgan fingerprint density at radius 1 is 1.33 bits per heavy atom. The molecule has 1 aliphatic rings. The molecule has 0 unspecified atom stereocenters. The van der Waals surface area contributed by atoms with Gasteiger partial charge in [-0.2, -0.15) is 4.98 Å². The Kier molecular flexibility index (Phi) is 4.80. The highest BCUT2D eigenvalue weighted by Crippen LogP contribution is 2.40. The van der Waals surface area contributed by atoms with E-state index in [4.69, 9.17) is 21.1 Å². The van der Waals surface area contributed by atoms with E-state index in [1.165, 1.54) is 20.4 Å². The van der Waals surface area contributed by atoms with Gasteiger partial charge in [0, 0.05) is 5.92 Å². The Hall–Kier alpha value is -2.41. The van der Waals surface area contributed by atoms with Crippen LogP contribution in [0.5, 0.6) is 6.01 Å². The molecular formula is C16H17ClN4O3. The van der Waals surface area contributed by atoms with Crippen molar-refractivity contribution in [2.75, 3.05) is 19.5 Å².